The highest BCUT2D eigenvalue weighted by Gasteiger charge is 2.40. The lowest BCUT2D eigenvalue weighted by Gasteiger charge is -2.27. The molecule has 1 N–H and O–H groups in total. The Morgan fingerprint density at radius 1 is 1.25 bits per heavy atom. The predicted octanol–water partition coefficient (Wildman–Crippen LogP) is 2.96. The summed E-state index contributed by atoms with van der Waals surface area (Å²) in [5.41, 5.74) is -0.637. The summed E-state index contributed by atoms with van der Waals surface area (Å²) in [6, 6.07) is 0. The van der Waals surface area contributed by atoms with Gasteiger partial charge in [-0.15, -0.1) is 10.2 Å². The molecule has 1 aliphatic carbocycles. The number of hydrogen-bond donors (Lipinski definition) is 1. The molecular formula is C15H25N3O2. The molecule has 112 valence electrons. The number of rotatable bonds is 5. The monoisotopic (exact) mass is 279 g/mol. The molecule has 0 aromatic carbocycles. The number of carbonyl (C=O) groups is 1. The topological polar surface area (TPSA) is 68.0 Å². The molecule has 5 nitrogen and oxygen atoms in total. The van der Waals surface area contributed by atoms with Crippen molar-refractivity contribution in [2.45, 2.75) is 71.8 Å². The van der Waals surface area contributed by atoms with E-state index in [2.05, 4.69) is 21.7 Å². The van der Waals surface area contributed by atoms with Crippen molar-refractivity contribution in [3.8, 4) is 0 Å². The van der Waals surface area contributed by atoms with E-state index in [1.165, 1.54) is 0 Å². The minimum Gasteiger partial charge on any atom is -0.481 e. The summed E-state index contributed by atoms with van der Waals surface area (Å²) < 4.78 is 2.08. The highest BCUT2D eigenvalue weighted by Crippen LogP contribution is 2.38. The van der Waals surface area contributed by atoms with Crippen LogP contribution in [0.5, 0.6) is 0 Å². The van der Waals surface area contributed by atoms with Gasteiger partial charge in [-0.3, -0.25) is 4.79 Å². The molecule has 1 saturated carbocycles. The van der Waals surface area contributed by atoms with Gasteiger partial charge in [-0.1, -0.05) is 32.6 Å². The van der Waals surface area contributed by atoms with Crippen molar-refractivity contribution >= 4 is 5.97 Å². The number of aliphatic carboxylic acids is 1. The van der Waals surface area contributed by atoms with Crippen LogP contribution in [0.15, 0.2) is 0 Å². The summed E-state index contributed by atoms with van der Waals surface area (Å²) >= 11 is 0. The molecule has 1 aromatic rings. The molecule has 0 radical (unpaired) electrons. The van der Waals surface area contributed by atoms with Crippen molar-refractivity contribution in [2.75, 3.05) is 0 Å². The van der Waals surface area contributed by atoms with Crippen LogP contribution in [0.3, 0.4) is 0 Å². The molecule has 0 saturated heterocycles. The molecular weight excluding hydrogens is 254 g/mol. The van der Waals surface area contributed by atoms with Gasteiger partial charge in [-0.2, -0.15) is 0 Å². The quantitative estimate of drug-likeness (QED) is 0.841. The fourth-order valence-electron chi connectivity index (χ4n) is 3.24. The minimum atomic E-state index is -0.664. The third kappa shape index (κ3) is 3.02. The summed E-state index contributed by atoms with van der Waals surface area (Å²) in [5.74, 6) is 1.06. The Bertz CT molecular complexity index is 460. The predicted molar refractivity (Wildman–Crippen MR) is 76.5 cm³/mol. The maximum atomic E-state index is 11.9. The fourth-order valence-corrected chi connectivity index (χ4v) is 3.24. The van der Waals surface area contributed by atoms with Crippen LogP contribution < -0.4 is 0 Å². The van der Waals surface area contributed by atoms with Crippen LogP contribution >= 0.6 is 0 Å². The standard InChI is InChI=1S/C15H25N3O2/c1-3-10-18-12(2)16-17-13(18)11-15(14(19)20)8-6-4-5-7-9-15/h3-11H2,1-2H3,(H,19,20). The molecule has 0 aliphatic heterocycles. The van der Waals surface area contributed by atoms with Gasteiger partial charge in [0.25, 0.3) is 0 Å². The van der Waals surface area contributed by atoms with Crippen molar-refractivity contribution in [1.82, 2.24) is 14.8 Å². The summed E-state index contributed by atoms with van der Waals surface area (Å²) in [5, 5.41) is 18.1. The minimum absolute atomic E-state index is 0.517. The average molecular weight is 279 g/mol. The van der Waals surface area contributed by atoms with Gasteiger partial charge in [0, 0.05) is 13.0 Å². The summed E-state index contributed by atoms with van der Waals surface area (Å²) in [6.07, 6.45) is 7.36. The highest BCUT2D eigenvalue weighted by molar-refractivity contribution is 5.75. The maximum Gasteiger partial charge on any atom is 0.310 e. The van der Waals surface area contributed by atoms with E-state index in [0.29, 0.717) is 6.42 Å². The lowest BCUT2D eigenvalue weighted by molar-refractivity contribution is -0.150. The lowest BCUT2D eigenvalue weighted by atomic mass is 9.77. The Hall–Kier alpha value is -1.39. The molecule has 20 heavy (non-hydrogen) atoms. The summed E-state index contributed by atoms with van der Waals surface area (Å²) in [4.78, 5) is 11.9. The van der Waals surface area contributed by atoms with Gasteiger partial charge in [0.1, 0.15) is 11.6 Å². The normalized spacial score (nSPS) is 18.7. The Morgan fingerprint density at radius 2 is 1.90 bits per heavy atom. The van der Waals surface area contributed by atoms with Crippen LogP contribution in [0.1, 0.15) is 63.5 Å². The molecule has 1 aromatic heterocycles. The van der Waals surface area contributed by atoms with E-state index >= 15 is 0 Å². The molecule has 0 amide bonds. The van der Waals surface area contributed by atoms with Crippen molar-refractivity contribution in [1.29, 1.82) is 0 Å². The Morgan fingerprint density at radius 3 is 2.45 bits per heavy atom. The van der Waals surface area contributed by atoms with E-state index < -0.39 is 11.4 Å². The smallest absolute Gasteiger partial charge is 0.310 e. The van der Waals surface area contributed by atoms with Crippen molar-refractivity contribution < 1.29 is 9.90 Å². The van der Waals surface area contributed by atoms with E-state index in [1.54, 1.807) is 0 Å². The first-order valence-corrected chi connectivity index (χ1v) is 7.71. The number of aromatic nitrogens is 3. The van der Waals surface area contributed by atoms with Gasteiger partial charge in [-0.05, 0) is 26.2 Å². The zero-order chi connectivity index (χ0) is 14.6. The first-order valence-electron chi connectivity index (χ1n) is 7.71. The lowest BCUT2D eigenvalue weighted by Crippen LogP contribution is -2.34. The van der Waals surface area contributed by atoms with Gasteiger partial charge in [0.15, 0.2) is 0 Å². The Labute approximate surface area is 120 Å². The third-order valence-electron chi connectivity index (χ3n) is 4.47. The van der Waals surface area contributed by atoms with Crippen molar-refractivity contribution in [3.05, 3.63) is 11.6 Å². The van der Waals surface area contributed by atoms with E-state index in [1.807, 2.05) is 6.92 Å². The first kappa shape index (κ1) is 15.0. The zero-order valence-electron chi connectivity index (χ0n) is 12.6. The van der Waals surface area contributed by atoms with Crippen LogP contribution in [0.2, 0.25) is 0 Å². The van der Waals surface area contributed by atoms with E-state index in [4.69, 9.17) is 0 Å². The highest BCUT2D eigenvalue weighted by atomic mass is 16.4. The number of carboxylic acids is 1. The third-order valence-corrected chi connectivity index (χ3v) is 4.47. The molecule has 1 aliphatic rings. The molecule has 2 rings (SSSR count). The average Bonchev–Trinajstić information content (AvgIpc) is 2.65. The molecule has 1 fully saturated rings. The molecule has 5 heteroatoms. The molecule has 0 unspecified atom stereocenters. The Kier molecular flexibility index (Phi) is 4.78. The zero-order valence-corrected chi connectivity index (χ0v) is 12.6. The Balaban J connectivity index is 2.26. The summed E-state index contributed by atoms with van der Waals surface area (Å²) in [7, 11) is 0. The number of hydrogen-bond acceptors (Lipinski definition) is 3. The second-order valence-electron chi connectivity index (χ2n) is 5.99. The van der Waals surface area contributed by atoms with E-state index in [9.17, 15) is 9.90 Å². The van der Waals surface area contributed by atoms with Gasteiger partial charge in [0.2, 0.25) is 0 Å². The maximum absolute atomic E-state index is 11.9. The van der Waals surface area contributed by atoms with Crippen molar-refractivity contribution in [2.24, 2.45) is 5.41 Å². The van der Waals surface area contributed by atoms with Gasteiger partial charge >= 0.3 is 5.97 Å². The van der Waals surface area contributed by atoms with Crippen LogP contribution in [0.4, 0.5) is 0 Å². The second-order valence-corrected chi connectivity index (χ2v) is 5.99. The van der Waals surface area contributed by atoms with Gasteiger partial charge in [0.05, 0.1) is 5.41 Å². The second kappa shape index (κ2) is 6.37. The van der Waals surface area contributed by atoms with E-state index in [-0.39, 0.29) is 0 Å². The van der Waals surface area contributed by atoms with Crippen LogP contribution in [0.25, 0.3) is 0 Å². The number of aryl methyl sites for hydroxylation is 1. The van der Waals surface area contributed by atoms with Crippen LogP contribution in [0, 0.1) is 12.3 Å². The summed E-state index contributed by atoms with van der Waals surface area (Å²) in [6.45, 7) is 4.92. The van der Waals surface area contributed by atoms with Crippen LogP contribution in [-0.2, 0) is 17.8 Å². The van der Waals surface area contributed by atoms with Gasteiger partial charge in [-0.25, -0.2) is 0 Å². The molecule has 0 spiro atoms. The van der Waals surface area contributed by atoms with Crippen molar-refractivity contribution in [3.63, 3.8) is 0 Å². The molecule has 0 atom stereocenters. The van der Waals surface area contributed by atoms with Gasteiger partial charge < -0.3 is 9.67 Å². The number of carboxylic acid groups (broad SMARTS) is 1. The van der Waals surface area contributed by atoms with Crippen LogP contribution in [-0.4, -0.2) is 25.8 Å². The first-order chi connectivity index (χ1) is 9.59. The molecule has 0 bridgehead atoms. The molecule has 1 heterocycles. The largest absolute Gasteiger partial charge is 0.481 e. The SMILES string of the molecule is CCCn1c(C)nnc1CC1(C(=O)O)CCCCCC1. The number of nitrogens with zero attached hydrogens (tertiary/aromatic N) is 3. The van der Waals surface area contributed by atoms with E-state index in [0.717, 1.165) is 63.1 Å². The fraction of sp³-hybridized carbons (Fsp3) is 0.800.